The Hall–Kier alpha value is -1.81. The van der Waals surface area contributed by atoms with Crippen molar-refractivity contribution < 1.29 is 4.79 Å². The number of nitrogens with one attached hydrogen (secondary N) is 1. The summed E-state index contributed by atoms with van der Waals surface area (Å²) >= 11 is 0. The molecule has 1 aliphatic rings. The molecule has 0 saturated carbocycles. The van der Waals surface area contributed by atoms with Crippen LogP contribution in [0, 0.1) is 5.92 Å². The van der Waals surface area contributed by atoms with E-state index in [2.05, 4.69) is 4.98 Å². The quantitative estimate of drug-likeness (QED) is 0.864. The molecule has 19 heavy (non-hydrogen) atoms. The highest BCUT2D eigenvalue weighted by Gasteiger charge is 2.29. The van der Waals surface area contributed by atoms with E-state index in [0.717, 1.165) is 36.0 Å². The molecule has 3 rings (SSSR count). The molecule has 0 radical (unpaired) electrons. The molecule has 0 aliphatic carbocycles. The molecule has 2 unspecified atom stereocenters. The highest BCUT2D eigenvalue weighted by Crippen LogP contribution is 2.24. The van der Waals surface area contributed by atoms with Gasteiger partial charge in [0.1, 0.15) is 0 Å². The smallest absolute Gasteiger partial charge is 0.254 e. The lowest BCUT2D eigenvalue weighted by Crippen LogP contribution is -2.33. The van der Waals surface area contributed by atoms with Crippen molar-refractivity contribution in [1.82, 2.24) is 9.88 Å². The Morgan fingerprint density at radius 1 is 1.47 bits per heavy atom. The third-order valence-electron chi connectivity index (χ3n) is 4.08. The molecule has 1 aliphatic heterocycles. The Labute approximate surface area is 112 Å². The fourth-order valence-corrected chi connectivity index (χ4v) is 2.84. The number of amides is 1. The van der Waals surface area contributed by atoms with Crippen LogP contribution in [0.2, 0.25) is 0 Å². The summed E-state index contributed by atoms with van der Waals surface area (Å²) < 4.78 is 0. The fourth-order valence-electron chi connectivity index (χ4n) is 2.84. The van der Waals surface area contributed by atoms with Crippen molar-refractivity contribution in [2.45, 2.75) is 19.4 Å². The molecular weight excluding hydrogens is 238 g/mol. The molecule has 1 amide bonds. The minimum absolute atomic E-state index is 0.119. The van der Waals surface area contributed by atoms with Crippen molar-refractivity contribution in [2.24, 2.45) is 11.7 Å². The summed E-state index contributed by atoms with van der Waals surface area (Å²) in [6, 6.07) is 7.92. The Morgan fingerprint density at radius 3 is 3.05 bits per heavy atom. The van der Waals surface area contributed by atoms with Gasteiger partial charge in [-0.15, -0.1) is 0 Å². The summed E-state index contributed by atoms with van der Waals surface area (Å²) in [5.74, 6) is 0.544. The van der Waals surface area contributed by atoms with Gasteiger partial charge in [0.2, 0.25) is 0 Å². The second-order valence-electron chi connectivity index (χ2n) is 5.40. The number of fused-ring (bicyclic) bond motifs is 1. The zero-order valence-electron chi connectivity index (χ0n) is 11.1. The summed E-state index contributed by atoms with van der Waals surface area (Å²) in [5.41, 5.74) is 7.72. The van der Waals surface area contributed by atoms with Crippen molar-refractivity contribution in [1.29, 1.82) is 0 Å². The summed E-state index contributed by atoms with van der Waals surface area (Å²) in [4.78, 5) is 17.7. The van der Waals surface area contributed by atoms with Crippen LogP contribution >= 0.6 is 0 Å². The second-order valence-corrected chi connectivity index (χ2v) is 5.40. The maximum atomic E-state index is 12.6. The van der Waals surface area contributed by atoms with Crippen LogP contribution in [0.15, 0.2) is 30.5 Å². The van der Waals surface area contributed by atoms with E-state index in [9.17, 15) is 4.79 Å². The Kier molecular flexibility index (Phi) is 3.03. The van der Waals surface area contributed by atoms with Crippen molar-refractivity contribution in [2.75, 3.05) is 13.1 Å². The molecule has 3 N–H and O–H groups in total. The largest absolute Gasteiger partial charge is 0.361 e. The predicted octanol–water partition coefficient (Wildman–Crippen LogP) is 1.98. The molecule has 1 aromatic heterocycles. The van der Waals surface area contributed by atoms with Crippen LogP contribution in [0.4, 0.5) is 0 Å². The fraction of sp³-hybridized carbons (Fsp3) is 0.400. The lowest BCUT2D eigenvalue weighted by atomic mass is 10.0. The molecule has 2 heterocycles. The summed E-state index contributed by atoms with van der Waals surface area (Å²) in [6.07, 6.45) is 2.88. The summed E-state index contributed by atoms with van der Waals surface area (Å²) in [6.45, 7) is 3.61. The number of nitrogens with zero attached hydrogens (tertiary/aromatic N) is 1. The lowest BCUT2D eigenvalue weighted by Gasteiger charge is -2.18. The topological polar surface area (TPSA) is 62.1 Å². The Balaban J connectivity index is 1.87. The predicted molar refractivity (Wildman–Crippen MR) is 76.0 cm³/mol. The number of rotatable bonds is 2. The minimum atomic E-state index is 0.119. The molecular formula is C15H19N3O. The molecule has 100 valence electrons. The van der Waals surface area contributed by atoms with Crippen LogP contribution in [-0.2, 0) is 0 Å². The highest BCUT2D eigenvalue weighted by molar-refractivity contribution is 6.06. The first-order valence-corrected chi connectivity index (χ1v) is 6.78. The SMILES string of the molecule is CC(N)C1CCN(C(=O)c2cccc3[nH]ccc23)C1. The lowest BCUT2D eigenvalue weighted by molar-refractivity contribution is 0.0788. The van der Waals surface area contributed by atoms with Crippen LogP contribution in [0.3, 0.4) is 0 Å². The number of nitrogens with two attached hydrogens (primary N) is 1. The van der Waals surface area contributed by atoms with Gasteiger partial charge in [0.25, 0.3) is 5.91 Å². The highest BCUT2D eigenvalue weighted by atomic mass is 16.2. The van der Waals surface area contributed by atoms with Gasteiger partial charge in [0.15, 0.2) is 0 Å². The van der Waals surface area contributed by atoms with Gasteiger partial charge in [-0.2, -0.15) is 0 Å². The normalized spacial score (nSPS) is 20.9. The second kappa shape index (κ2) is 4.70. The van der Waals surface area contributed by atoms with Gasteiger partial charge in [-0.1, -0.05) is 6.07 Å². The molecule has 0 spiro atoms. The number of carbonyl (C=O) groups is 1. The number of likely N-dealkylation sites (tertiary alicyclic amines) is 1. The van der Waals surface area contributed by atoms with Crippen LogP contribution in [0.5, 0.6) is 0 Å². The monoisotopic (exact) mass is 257 g/mol. The Morgan fingerprint density at radius 2 is 2.32 bits per heavy atom. The third-order valence-corrected chi connectivity index (χ3v) is 4.08. The molecule has 4 heteroatoms. The molecule has 4 nitrogen and oxygen atoms in total. The first kappa shape index (κ1) is 12.2. The number of hydrogen-bond donors (Lipinski definition) is 2. The van der Waals surface area contributed by atoms with Crippen LogP contribution in [0.25, 0.3) is 10.9 Å². The number of benzene rings is 1. The number of aromatic amines is 1. The Bertz CT molecular complexity index is 602. The number of H-pyrrole nitrogens is 1. The zero-order valence-corrected chi connectivity index (χ0v) is 11.1. The van der Waals surface area contributed by atoms with E-state index in [1.165, 1.54) is 0 Å². The number of carbonyl (C=O) groups excluding carboxylic acids is 1. The van der Waals surface area contributed by atoms with E-state index < -0.39 is 0 Å². The average Bonchev–Trinajstić information content (AvgIpc) is 3.06. The van der Waals surface area contributed by atoms with E-state index in [0.29, 0.717) is 5.92 Å². The van der Waals surface area contributed by atoms with Crippen molar-refractivity contribution >= 4 is 16.8 Å². The van der Waals surface area contributed by atoms with Crippen molar-refractivity contribution in [3.05, 3.63) is 36.0 Å². The standard InChI is InChI=1S/C15H19N3O/c1-10(16)11-6-8-18(9-11)15(19)13-3-2-4-14-12(13)5-7-17-14/h2-5,7,10-11,17H,6,8-9,16H2,1H3. The molecule has 2 aromatic rings. The number of hydrogen-bond acceptors (Lipinski definition) is 2. The molecule has 1 aromatic carbocycles. The van der Waals surface area contributed by atoms with Crippen molar-refractivity contribution in [3.63, 3.8) is 0 Å². The van der Waals surface area contributed by atoms with Crippen LogP contribution in [0.1, 0.15) is 23.7 Å². The minimum Gasteiger partial charge on any atom is -0.361 e. The van der Waals surface area contributed by atoms with E-state index >= 15 is 0 Å². The molecule has 1 fully saturated rings. The van der Waals surface area contributed by atoms with Crippen LogP contribution < -0.4 is 5.73 Å². The van der Waals surface area contributed by atoms with Gasteiger partial charge < -0.3 is 15.6 Å². The molecule has 2 atom stereocenters. The molecule has 1 saturated heterocycles. The van der Waals surface area contributed by atoms with Gasteiger partial charge in [0.05, 0.1) is 0 Å². The zero-order chi connectivity index (χ0) is 13.4. The maximum absolute atomic E-state index is 12.6. The summed E-state index contributed by atoms with van der Waals surface area (Å²) in [7, 11) is 0. The van der Waals surface area contributed by atoms with Crippen molar-refractivity contribution in [3.8, 4) is 0 Å². The van der Waals surface area contributed by atoms with Gasteiger partial charge >= 0.3 is 0 Å². The molecule has 0 bridgehead atoms. The van der Waals surface area contributed by atoms with Gasteiger partial charge in [-0.05, 0) is 37.5 Å². The van der Waals surface area contributed by atoms with Gasteiger partial charge in [0, 0.05) is 41.8 Å². The van der Waals surface area contributed by atoms with Crippen LogP contribution in [-0.4, -0.2) is 34.9 Å². The van der Waals surface area contributed by atoms with Gasteiger partial charge in [-0.25, -0.2) is 0 Å². The number of aromatic nitrogens is 1. The van der Waals surface area contributed by atoms with E-state index in [1.54, 1.807) is 0 Å². The van der Waals surface area contributed by atoms with E-state index in [1.807, 2.05) is 42.3 Å². The summed E-state index contributed by atoms with van der Waals surface area (Å²) in [5, 5.41) is 0.997. The van der Waals surface area contributed by atoms with Gasteiger partial charge in [-0.3, -0.25) is 4.79 Å². The first-order valence-electron chi connectivity index (χ1n) is 6.78. The third kappa shape index (κ3) is 2.12. The first-order chi connectivity index (χ1) is 9.16. The maximum Gasteiger partial charge on any atom is 0.254 e. The van der Waals surface area contributed by atoms with E-state index in [4.69, 9.17) is 5.73 Å². The van der Waals surface area contributed by atoms with E-state index in [-0.39, 0.29) is 11.9 Å². The average molecular weight is 257 g/mol.